The molecule has 2 aromatic rings. The van der Waals surface area contributed by atoms with Crippen LogP contribution in [-0.4, -0.2) is 14.8 Å². The molecule has 0 saturated heterocycles. The molecule has 72 valence electrons. The van der Waals surface area contributed by atoms with E-state index in [4.69, 9.17) is 5.73 Å². The van der Waals surface area contributed by atoms with E-state index < -0.39 is 0 Å². The molecular weight excluding hydrogens is 180 g/mol. The topological polar surface area (TPSA) is 76.7 Å². The summed E-state index contributed by atoms with van der Waals surface area (Å²) in [5.41, 5.74) is 7.03. The Morgan fingerprint density at radius 3 is 2.86 bits per heavy atom. The van der Waals surface area contributed by atoms with Crippen molar-refractivity contribution in [2.75, 3.05) is 5.73 Å². The molecule has 0 bridgehead atoms. The van der Waals surface area contributed by atoms with Gasteiger partial charge in [0.05, 0.1) is 11.4 Å². The number of nitrogens with zero attached hydrogens (tertiary/aromatic N) is 2. The van der Waals surface area contributed by atoms with Gasteiger partial charge < -0.3 is 10.7 Å². The van der Waals surface area contributed by atoms with Crippen molar-refractivity contribution in [1.29, 1.82) is 0 Å². The number of hydrogen-bond acceptors (Lipinski definition) is 3. The zero-order valence-corrected chi connectivity index (χ0v) is 7.69. The summed E-state index contributed by atoms with van der Waals surface area (Å²) in [5, 5.41) is 4.16. The second-order valence-electron chi connectivity index (χ2n) is 3.03. The summed E-state index contributed by atoms with van der Waals surface area (Å²) in [6.07, 6.45) is 1.56. The average molecular weight is 190 g/mol. The highest BCUT2D eigenvalue weighted by molar-refractivity contribution is 5.41. The summed E-state index contributed by atoms with van der Waals surface area (Å²) < 4.78 is 1.53. The molecule has 2 rings (SSSR count). The third-order valence-electron chi connectivity index (χ3n) is 1.86. The molecule has 0 aromatic carbocycles. The highest BCUT2D eigenvalue weighted by atomic mass is 16.1. The van der Waals surface area contributed by atoms with E-state index in [0.29, 0.717) is 11.5 Å². The number of anilines is 1. The average Bonchev–Trinajstić information content (AvgIpc) is 2.45. The number of nitrogen functional groups attached to an aromatic ring is 1. The molecule has 0 amide bonds. The van der Waals surface area contributed by atoms with Crippen LogP contribution in [0.4, 0.5) is 5.82 Å². The largest absolute Gasteiger partial charge is 0.384 e. The van der Waals surface area contributed by atoms with Crippen molar-refractivity contribution in [2.24, 2.45) is 0 Å². The van der Waals surface area contributed by atoms with Gasteiger partial charge in [0.25, 0.3) is 0 Å². The molecule has 0 fully saturated rings. The van der Waals surface area contributed by atoms with Gasteiger partial charge in [-0.15, -0.1) is 0 Å². The van der Waals surface area contributed by atoms with Crippen LogP contribution in [0.25, 0.3) is 5.69 Å². The Bertz CT molecular complexity index is 512. The highest BCUT2D eigenvalue weighted by Gasteiger charge is 2.03. The van der Waals surface area contributed by atoms with Crippen LogP contribution in [0, 0.1) is 6.92 Å². The minimum atomic E-state index is -0.171. The second-order valence-corrected chi connectivity index (χ2v) is 3.03. The van der Waals surface area contributed by atoms with E-state index in [1.807, 2.05) is 6.92 Å². The molecule has 2 heterocycles. The van der Waals surface area contributed by atoms with E-state index in [1.165, 1.54) is 10.7 Å². The van der Waals surface area contributed by atoms with E-state index in [9.17, 15) is 4.79 Å². The van der Waals surface area contributed by atoms with Crippen molar-refractivity contribution in [2.45, 2.75) is 6.92 Å². The molecule has 5 heteroatoms. The van der Waals surface area contributed by atoms with Crippen molar-refractivity contribution in [3.8, 4) is 5.69 Å². The van der Waals surface area contributed by atoms with Crippen LogP contribution in [0.15, 0.2) is 29.2 Å². The van der Waals surface area contributed by atoms with Gasteiger partial charge in [0.15, 0.2) is 0 Å². The number of rotatable bonds is 1. The van der Waals surface area contributed by atoms with Crippen molar-refractivity contribution >= 4 is 5.82 Å². The summed E-state index contributed by atoms with van der Waals surface area (Å²) in [7, 11) is 0. The van der Waals surface area contributed by atoms with E-state index in [2.05, 4.69) is 10.1 Å². The van der Waals surface area contributed by atoms with Crippen molar-refractivity contribution in [1.82, 2.24) is 14.8 Å². The van der Waals surface area contributed by atoms with Gasteiger partial charge in [0, 0.05) is 18.3 Å². The molecule has 14 heavy (non-hydrogen) atoms. The number of aromatic amines is 1. The maximum atomic E-state index is 11.0. The molecule has 0 aliphatic heterocycles. The Hall–Kier alpha value is -2.04. The lowest BCUT2D eigenvalue weighted by molar-refractivity contribution is 0.867. The lowest BCUT2D eigenvalue weighted by atomic mass is 10.4. The molecule has 3 N–H and O–H groups in total. The predicted molar refractivity (Wildman–Crippen MR) is 53.3 cm³/mol. The molecule has 0 saturated carbocycles. The summed E-state index contributed by atoms with van der Waals surface area (Å²) in [6, 6.07) is 4.94. The first-order valence-corrected chi connectivity index (χ1v) is 4.18. The lowest BCUT2D eigenvalue weighted by Crippen LogP contribution is -2.08. The van der Waals surface area contributed by atoms with E-state index in [1.54, 1.807) is 18.3 Å². The lowest BCUT2D eigenvalue weighted by Gasteiger charge is -2.01. The van der Waals surface area contributed by atoms with Crippen molar-refractivity contribution < 1.29 is 0 Å². The van der Waals surface area contributed by atoms with Crippen LogP contribution in [0.3, 0.4) is 0 Å². The standard InChI is InChI=1S/C9H10N4O/c1-6-4-8(10)13(12-6)7-2-3-11-9(14)5-7/h2-5H,10H2,1H3,(H,11,14). The molecule has 0 unspecified atom stereocenters. The highest BCUT2D eigenvalue weighted by Crippen LogP contribution is 2.11. The minimum Gasteiger partial charge on any atom is -0.384 e. The third-order valence-corrected chi connectivity index (χ3v) is 1.86. The van der Waals surface area contributed by atoms with Gasteiger partial charge >= 0.3 is 0 Å². The molecule has 0 aliphatic rings. The summed E-state index contributed by atoms with van der Waals surface area (Å²) in [4.78, 5) is 13.6. The normalized spacial score (nSPS) is 10.4. The molecular formula is C9H10N4O. The van der Waals surface area contributed by atoms with Gasteiger partial charge in [-0.2, -0.15) is 5.10 Å². The summed E-state index contributed by atoms with van der Waals surface area (Å²) in [5.74, 6) is 0.521. The van der Waals surface area contributed by atoms with Gasteiger partial charge in [0.2, 0.25) is 5.56 Å². The Labute approximate surface area is 80.2 Å². The molecule has 0 radical (unpaired) electrons. The van der Waals surface area contributed by atoms with Crippen LogP contribution in [-0.2, 0) is 0 Å². The molecule has 2 aromatic heterocycles. The number of hydrogen-bond donors (Lipinski definition) is 2. The minimum absolute atomic E-state index is 0.171. The monoisotopic (exact) mass is 190 g/mol. The van der Waals surface area contributed by atoms with E-state index in [-0.39, 0.29) is 5.56 Å². The zero-order chi connectivity index (χ0) is 10.1. The van der Waals surface area contributed by atoms with Gasteiger partial charge in [-0.3, -0.25) is 4.79 Å². The third kappa shape index (κ3) is 1.39. The molecule has 5 nitrogen and oxygen atoms in total. The Kier molecular flexibility index (Phi) is 1.85. The van der Waals surface area contributed by atoms with Crippen LogP contribution < -0.4 is 11.3 Å². The number of aryl methyl sites for hydroxylation is 1. The maximum absolute atomic E-state index is 11.0. The smallest absolute Gasteiger partial charge is 0.250 e. The van der Waals surface area contributed by atoms with E-state index in [0.717, 1.165) is 5.69 Å². The van der Waals surface area contributed by atoms with Crippen LogP contribution in [0.2, 0.25) is 0 Å². The van der Waals surface area contributed by atoms with Crippen molar-refractivity contribution in [3.63, 3.8) is 0 Å². The summed E-state index contributed by atoms with van der Waals surface area (Å²) in [6.45, 7) is 1.85. The molecule has 0 atom stereocenters. The van der Waals surface area contributed by atoms with E-state index >= 15 is 0 Å². The van der Waals surface area contributed by atoms with Crippen molar-refractivity contribution in [3.05, 3.63) is 40.4 Å². The van der Waals surface area contributed by atoms with Gasteiger partial charge in [0.1, 0.15) is 5.82 Å². The van der Waals surface area contributed by atoms with Gasteiger partial charge in [-0.1, -0.05) is 0 Å². The van der Waals surface area contributed by atoms with Crippen LogP contribution in [0.1, 0.15) is 5.69 Å². The molecule has 0 aliphatic carbocycles. The first-order chi connectivity index (χ1) is 6.66. The number of nitrogens with two attached hydrogens (primary N) is 1. The number of nitrogens with one attached hydrogen (secondary N) is 1. The Morgan fingerprint density at radius 1 is 1.50 bits per heavy atom. The number of aromatic nitrogens is 3. The SMILES string of the molecule is Cc1cc(N)n(-c2cc[nH]c(=O)c2)n1. The number of pyridine rings is 1. The Balaban J connectivity index is 2.59. The van der Waals surface area contributed by atoms with Gasteiger partial charge in [-0.25, -0.2) is 4.68 Å². The fourth-order valence-corrected chi connectivity index (χ4v) is 1.29. The quantitative estimate of drug-likeness (QED) is 0.685. The first-order valence-electron chi connectivity index (χ1n) is 4.18. The summed E-state index contributed by atoms with van der Waals surface area (Å²) >= 11 is 0. The Morgan fingerprint density at radius 2 is 2.29 bits per heavy atom. The van der Waals surface area contributed by atoms with Gasteiger partial charge in [-0.05, 0) is 13.0 Å². The number of H-pyrrole nitrogens is 1. The second kappa shape index (κ2) is 3.02. The molecule has 0 spiro atoms. The first kappa shape index (κ1) is 8.55. The fourth-order valence-electron chi connectivity index (χ4n) is 1.29. The zero-order valence-electron chi connectivity index (χ0n) is 7.69. The van der Waals surface area contributed by atoms with Crippen LogP contribution >= 0.6 is 0 Å². The van der Waals surface area contributed by atoms with Crippen LogP contribution in [0.5, 0.6) is 0 Å². The maximum Gasteiger partial charge on any atom is 0.250 e. The predicted octanol–water partition coefficient (Wildman–Crippen LogP) is 0.451. The fraction of sp³-hybridized carbons (Fsp3) is 0.111.